The highest BCUT2D eigenvalue weighted by Gasteiger charge is 2.40. The van der Waals surface area contributed by atoms with Crippen molar-refractivity contribution >= 4 is 10.8 Å². The molecule has 5 rings (SSSR count). The summed E-state index contributed by atoms with van der Waals surface area (Å²) in [6, 6.07) is 7.40. The van der Waals surface area contributed by atoms with Gasteiger partial charge in [-0.3, -0.25) is 4.79 Å². The Morgan fingerprint density at radius 3 is 2.71 bits per heavy atom. The van der Waals surface area contributed by atoms with Crippen molar-refractivity contribution in [2.24, 2.45) is 7.05 Å². The molecule has 1 spiro atoms. The molecule has 2 aromatic heterocycles. The number of hydrogen-bond acceptors (Lipinski definition) is 6. The van der Waals surface area contributed by atoms with Gasteiger partial charge in [0.05, 0.1) is 11.0 Å². The van der Waals surface area contributed by atoms with Gasteiger partial charge in [0.15, 0.2) is 5.69 Å². The summed E-state index contributed by atoms with van der Waals surface area (Å²) in [7, 11) is 1.64. The van der Waals surface area contributed by atoms with Crippen molar-refractivity contribution < 1.29 is 9.15 Å². The van der Waals surface area contributed by atoms with Crippen LogP contribution >= 0.6 is 0 Å². The van der Waals surface area contributed by atoms with Gasteiger partial charge >= 0.3 is 0 Å². The summed E-state index contributed by atoms with van der Waals surface area (Å²) >= 11 is 0. The number of aryl methyl sites for hydroxylation is 1. The molecule has 0 amide bonds. The molecule has 1 aromatic carbocycles. The quantitative estimate of drug-likeness (QED) is 0.676. The average Bonchev–Trinajstić information content (AvgIpc) is 3.21. The summed E-state index contributed by atoms with van der Waals surface area (Å²) in [4.78, 5) is 12.4. The number of rotatable bonds is 2. The van der Waals surface area contributed by atoms with Crippen LogP contribution in [0.15, 0.2) is 33.5 Å². The second kappa shape index (κ2) is 6.81. The van der Waals surface area contributed by atoms with Gasteiger partial charge < -0.3 is 9.15 Å². The van der Waals surface area contributed by atoms with Gasteiger partial charge in [-0.15, -0.1) is 10.2 Å². The van der Waals surface area contributed by atoms with Crippen LogP contribution in [0.2, 0.25) is 0 Å². The van der Waals surface area contributed by atoms with Gasteiger partial charge in [-0.05, 0) is 31.7 Å². The lowest BCUT2D eigenvalue weighted by atomic mass is 9.76. The van der Waals surface area contributed by atoms with E-state index in [1.165, 1.54) is 23.9 Å². The van der Waals surface area contributed by atoms with E-state index in [2.05, 4.69) is 15.3 Å². The molecule has 146 valence electrons. The molecular weight excluding hydrogens is 356 g/mol. The molecule has 0 N–H and O–H groups in total. The minimum atomic E-state index is -0.136. The molecule has 1 aliphatic heterocycles. The summed E-state index contributed by atoms with van der Waals surface area (Å²) in [6.45, 7) is 0.739. The van der Waals surface area contributed by atoms with Crippen LogP contribution in [-0.4, -0.2) is 32.2 Å². The fourth-order valence-corrected chi connectivity index (χ4v) is 4.74. The standard InChI is InChI=1S/C21H24N4O3/c1-25-20(26)16-8-4-3-7-15(16)17(24-25)19-23-22-18(28-19)14-9-12-27-21(13-14)10-5-2-6-11-21/h3-4,7-8,14H,2,5-6,9-13H2,1H3. The van der Waals surface area contributed by atoms with Crippen molar-refractivity contribution in [3.05, 3.63) is 40.5 Å². The second-order valence-electron chi connectivity index (χ2n) is 8.05. The Labute approximate surface area is 162 Å². The second-order valence-corrected chi connectivity index (χ2v) is 8.05. The molecule has 1 unspecified atom stereocenters. The molecule has 0 radical (unpaired) electrons. The lowest BCUT2D eigenvalue weighted by molar-refractivity contribution is -0.108. The predicted octanol–water partition coefficient (Wildman–Crippen LogP) is 3.58. The highest BCUT2D eigenvalue weighted by atomic mass is 16.5. The predicted molar refractivity (Wildman–Crippen MR) is 104 cm³/mol. The molecule has 7 heteroatoms. The zero-order valence-corrected chi connectivity index (χ0v) is 16.1. The van der Waals surface area contributed by atoms with Crippen LogP contribution in [0.1, 0.15) is 56.8 Å². The van der Waals surface area contributed by atoms with E-state index in [4.69, 9.17) is 9.15 Å². The average molecular weight is 380 g/mol. The van der Waals surface area contributed by atoms with E-state index in [9.17, 15) is 4.79 Å². The van der Waals surface area contributed by atoms with Crippen molar-refractivity contribution in [3.8, 4) is 11.6 Å². The normalized spacial score (nSPS) is 22.0. The molecule has 0 bridgehead atoms. The van der Waals surface area contributed by atoms with E-state index < -0.39 is 0 Å². The van der Waals surface area contributed by atoms with E-state index in [0.717, 1.165) is 37.7 Å². The maximum Gasteiger partial charge on any atom is 0.274 e. The van der Waals surface area contributed by atoms with Crippen molar-refractivity contribution in [1.82, 2.24) is 20.0 Å². The zero-order chi connectivity index (χ0) is 19.1. The van der Waals surface area contributed by atoms with Crippen LogP contribution in [0, 0.1) is 0 Å². The zero-order valence-electron chi connectivity index (χ0n) is 16.1. The van der Waals surface area contributed by atoms with E-state index in [0.29, 0.717) is 22.9 Å². The first-order valence-electron chi connectivity index (χ1n) is 10.1. The Kier molecular flexibility index (Phi) is 4.27. The summed E-state index contributed by atoms with van der Waals surface area (Å²) in [5.41, 5.74) is 0.399. The topological polar surface area (TPSA) is 83.0 Å². The van der Waals surface area contributed by atoms with Crippen molar-refractivity contribution in [2.75, 3.05) is 6.61 Å². The lowest BCUT2D eigenvalue weighted by Crippen LogP contribution is -2.40. The first-order valence-corrected chi connectivity index (χ1v) is 10.1. The van der Waals surface area contributed by atoms with Gasteiger partial charge in [0.2, 0.25) is 5.89 Å². The SMILES string of the molecule is Cn1nc(-c2nnc(C3CCOC4(CCCCC4)C3)o2)c2ccccc2c1=O. The molecule has 3 aromatic rings. The number of hydrogen-bond donors (Lipinski definition) is 0. The fourth-order valence-electron chi connectivity index (χ4n) is 4.74. The fraction of sp³-hybridized carbons (Fsp3) is 0.524. The first-order chi connectivity index (χ1) is 13.7. The van der Waals surface area contributed by atoms with Gasteiger partial charge in [-0.25, -0.2) is 4.68 Å². The number of ether oxygens (including phenoxy) is 1. The van der Waals surface area contributed by atoms with Crippen LogP contribution in [0.4, 0.5) is 0 Å². The minimum Gasteiger partial charge on any atom is -0.419 e. The molecule has 2 fully saturated rings. The number of nitrogens with zero attached hydrogens (tertiary/aromatic N) is 4. The van der Waals surface area contributed by atoms with Gasteiger partial charge in [0.25, 0.3) is 11.4 Å². The summed E-state index contributed by atoms with van der Waals surface area (Å²) in [5, 5.41) is 14.4. The molecule has 7 nitrogen and oxygen atoms in total. The molecule has 2 aliphatic rings. The molecular formula is C21H24N4O3. The Morgan fingerprint density at radius 1 is 1.11 bits per heavy atom. The maximum absolute atomic E-state index is 12.4. The summed E-state index contributed by atoms with van der Waals surface area (Å²) in [6.07, 6.45) is 7.84. The first kappa shape index (κ1) is 17.6. The van der Waals surface area contributed by atoms with Crippen LogP contribution < -0.4 is 5.56 Å². The van der Waals surface area contributed by atoms with Gasteiger partial charge in [-0.2, -0.15) is 5.10 Å². The number of fused-ring (bicyclic) bond motifs is 1. The van der Waals surface area contributed by atoms with E-state index in [1.54, 1.807) is 13.1 Å². The third kappa shape index (κ3) is 2.94. The Hall–Kier alpha value is -2.54. The van der Waals surface area contributed by atoms with Crippen LogP contribution in [0.5, 0.6) is 0 Å². The molecule has 1 saturated heterocycles. The molecule has 28 heavy (non-hydrogen) atoms. The largest absolute Gasteiger partial charge is 0.419 e. The highest BCUT2D eigenvalue weighted by molar-refractivity contribution is 5.91. The van der Waals surface area contributed by atoms with Crippen LogP contribution in [0.25, 0.3) is 22.4 Å². The lowest BCUT2D eigenvalue weighted by Gasteiger charge is -2.42. The third-order valence-corrected chi connectivity index (χ3v) is 6.21. The van der Waals surface area contributed by atoms with Crippen molar-refractivity contribution in [1.29, 1.82) is 0 Å². The molecule has 1 saturated carbocycles. The van der Waals surface area contributed by atoms with Gasteiger partial charge in [0, 0.05) is 25.0 Å². The smallest absolute Gasteiger partial charge is 0.274 e. The summed E-state index contributed by atoms with van der Waals surface area (Å²) < 4.78 is 13.6. The van der Waals surface area contributed by atoms with E-state index in [1.807, 2.05) is 18.2 Å². The van der Waals surface area contributed by atoms with E-state index >= 15 is 0 Å². The maximum atomic E-state index is 12.4. The minimum absolute atomic E-state index is 0.0165. The number of benzene rings is 1. The van der Waals surface area contributed by atoms with Crippen LogP contribution in [-0.2, 0) is 11.8 Å². The Morgan fingerprint density at radius 2 is 1.89 bits per heavy atom. The monoisotopic (exact) mass is 380 g/mol. The van der Waals surface area contributed by atoms with Gasteiger partial charge in [0.1, 0.15) is 0 Å². The molecule has 3 heterocycles. The van der Waals surface area contributed by atoms with Crippen molar-refractivity contribution in [3.63, 3.8) is 0 Å². The molecule has 1 aliphatic carbocycles. The number of aromatic nitrogens is 4. The van der Waals surface area contributed by atoms with Crippen LogP contribution in [0.3, 0.4) is 0 Å². The third-order valence-electron chi connectivity index (χ3n) is 6.21. The molecule has 1 atom stereocenters. The Bertz CT molecular complexity index is 1060. The summed E-state index contributed by atoms with van der Waals surface area (Å²) in [5.74, 6) is 1.24. The van der Waals surface area contributed by atoms with Crippen molar-refractivity contribution in [2.45, 2.75) is 56.5 Å². The van der Waals surface area contributed by atoms with E-state index in [-0.39, 0.29) is 17.1 Å². The highest BCUT2D eigenvalue weighted by Crippen LogP contribution is 2.44. The Balaban J connectivity index is 1.50. The van der Waals surface area contributed by atoms with Gasteiger partial charge in [-0.1, -0.05) is 37.5 Å².